The summed E-state index contributed by atoms with van der Waals surface area (Å²) in [6.07, 6.45) is 4.64. The van der Waals surface area contributed by atoms with Gasteiger partial charge in [-0.25, -0.2) is 4.79 Å². The van der Waals surface area contributed by atoms with Gasteiger partial charge in [0.1, 0.15) is 0 Å². The summed E-state index contributed by atoms with van der Waals surface area (Å²) in [5.41, 5.74) is 4.09. The van der Waals surface area contributed by atoms with Gasteiger partial charge in [-0.2, -0.15) is 0 Å². The van der Waals surface area contributed by atoms with Crippen LogP contribution in [-0.2, 0) is 38.3 Å². The zero-order valence-corrected chi connectivity index (χ0v) is 15.8. The Balaban J connectivity index is 1.52. The number of amides is 1. The summed E-state index contributed by atoms with van der Waals surface area (Å²) in [5, 5.41) is 2.57. The standard InChI is InChI=1S/C22H23NO5/c1-27-22(26)18-8-4-5-9-19(18)23-20(24)14-28-21(25)13-15-10-11-16-6-2-3-7-17(16)12-15/h4-5,8-12H,2-3,6-7,13-14H2,1H3,(H,23,24). The Bertz CT molecular complexity index is 890. The first kappa shape index (κ1) is 19.6. The van der Waals surface area contributed by atoms with Gasteiger partial charge in [0.2, 0.25) is 0 Å². The molecule has 3 rings (SSSR count). The highest BCUT2D eigenvalue weighted by molar-refractivity contribution is 6.01. The van der Waals surface area contributed by atoms with Crippen LogP contribution in [0.15, 0.2) is 42.5 Å². The minimum atomic E-state index is -0.555. The molecule has 1 N–H and O–H groups in total. The number of fused-ring (bicyclic) bond motifs is 1. The molecule has 0 saturated carbocycles. The molecule has 0 aliphatic heterocycles. The molecule has 0 aromatic heterocycles. The first-order valence-corrected chi connectivity index (χ1v) is 9.30. The van der Waals surface area contributed by atoms with Crippen molar-refractivity contribution in [1.29, 1.82) is 0 Å². The summed E-state index contributed by atoms with van der Waals surface area (Å²) in [4.78, 5) is 35.9. The lowest BCUT2D eigenvalue weighted by atomic mass is 9.90. The average molecular weight is 381 g/mol. The highest BCUT2D eigenvalue weighted by atomic mass is 16.5. The molecule has 146 valence electrons. The minimum absolute atomic E-state index is 0.124. The molecular weight excluding hydrogens is 358 g/mol. The van der Waals surface area contributed by atoms with Gasteiger partial charge in [0.25, 0.3) is 5.91 Å². The van der Waals surface area contributed by atoms with Gasteiger partial charge >= 0.3 is 11.9 Å². The number of carbonyl (C=O) groups excluding carboxylic acids is 3. The third kappa shape index (κ3) is 4.97. The van der Waals surface area contributed by atoms with Gasteiger partial charge < -0.3 is 14.8 Å². The summed E-state index contributed by atoms with van der Waals surface area (Å²) in [6, 6.07) is 12.6. The van der Waals surface area contributed by atoms with E-state index in [-0.39, 0.29) is 12.0 Å². The van der Waals surface area contributed by atoms with Gasteiger partial charge in [0, 0.05) is 0 Å². The predicted octanol–water partition coefficient (Wildman–Crippen LogP) is 3.08. The monoisotopic (exact) mass is 381 g/mol. The van der Waals surface area contributed by atoms with Crippen molar-refractivity contribution < 1.29 is 23.9 Å². The SMILES string of the molecule is COC(=O)c1ccccc1NC(=O)COC(=O)Cc1ccc2c(c1)CCCC2. The van der Waals surface area contributed by atoms with Crippen LogP contribution in [0.4, 0.5) is 5.69 Å². The Morgan fingerprint density at radius 2 is 1.75 bits per heavy atom. The smallest absolute Gasteiger partial charge is 0.339 e. The largest absolute Gasteiger partial charge is 0.465 e. The fourth-order valence-corrected chi connectivity index (χ4v) is 3.33. The topological polar surface area (TPSA) is 81.7 Å². The van der Waals surface area contributed by atoms with E-state index in [0.717, 1.165) is 18.4 Å². The number of para-hydroxylation sites is 1. The van der Waals surface area contributed by atoms with Crippen molar-refractivity contribution in [3.8, 4) is 0 Å². The number of hydrogen-bond donors (Lipinski definition) is 1. The predicted molar refractivity (Wildman–Crippen MR) is 104 cm³/mol. The summed E-state index contributed by atoms with van der Waals surface area (Å²) in [6.45, 7) is -0.417. The minimum Gasteiger partial charge on any atom is -0.465 e. The molecule has 0 saturated heterocycles. The summed E-state index contributed by atoms with van der Waals surface area (Å²) in [5.74, 6) is -1.54. The molecule has 28 heavy (non-hydrogen) atoms. The molecule has 6 heteroatoms. The fourth-order valence-electron chi connectivity index (χ4n) is 3.33. The lowest BCUT2D eigenvalue weighted by Gasteiger charge is -2.16. The zero-order valence-electron chi connectivity index (χ0n) is 15.8. The molecule has 1 aliphatic carbocycles. The molecule has 0 unspecified atom stereocenters. The molecule has 1 amide bonds. The molecule has 0 bridgehead atoms. The van der Waals surface area contributed by atoms with Crippen molar-refractivity contribution in [3.63, 3.8) is 0 Å². The normalized spacial score (nSPS) is 12.6. The Kier molecular flexibility index (Phi) is 6.42. The molecule has 2 aromatic rings. The number of benzene rings is 2. The van der Waals surface area contributed by atoms with Gasteiger partial charge in [-0.05, 0) is 54.5 Å². The van der Waals surface area contributed by atoms with Crippen LogP contribution in [0.5, 0.6) is 0 Å². The van der Waals surface area contributed by atoms with Crippen LogP contribution in [0.25, 0.3) is 0 Å². The number of anilines is 1. The van der Waals surface area contributed by atoms with Gasteiger partial charge in [0.05, 0.1) is 24.8 Å². The molecule has 1 aliphatic rings. The molecular formula is C22H23NO5. The Morgan fingerprint density at radius 1 is 1.00 bits per heavy atom. The third-order valence-electron chi connectivity index (χ3n) is 4.73. The molecule has 2 aromatic carbocycles. The molecule has 6 nitrogen and oxygen atoms in total. The Hall–Kier alpha value is -3.15. The van der Waals surface area contributed by atoms with Gasteiger partial charge in [-0.3, -0.25) is 9.59 Å². The summed E-state index contributed by atoms with van der Waals surface area (Å²) in [7, 11) is 1.27. The maximum Gasteiger partial charge on any atom is 0.339 e. The zero-order chi connectivity index (χ0) is 19.9. The molecule has 0 heterocycles. The van der Waals surface area contributed by atoms with E-state index in [2.05, 4.69) is 22.2 Å². The van der Waals surface area contributed by atoms with Crippen LogP contribution in [0.2, 0.25) is 0 Å². The molecule has 0 atom stereocenters. The van der Waals surface area contributed by atoms with Crippen LogP contribution in [0, 0.1) is 0 Å². The lowest BCUT2D eigenvalue weighted by molar-refractivity contribution is -0.146. The van der Waals surface area contributed by atoms with Crippen molar-refractivity contribution in [2.45, 2.75) is 32.1 Å². The van der Waals surface area contributed by atoms with E-state index in [9.17, 15) is 14.4 Å². The van der Waals surface area contributed by atoms with Crippen LogP contribution in [-0.4, -0.2) is 31.6 Å². The number of methoxy groups -OCH3 is 1. The number of esters is 2. The van der Waals surface area contributed by atoms with Crippen molar-refractivity contribution in [1.82, 2.24) is 0 Å². The van der Waals surface area contributed by atoms with Crippen LogP contribution < -0.4 is 5.32 Å². The number of hydrogen-bond acceptors (Lipinski definition) is 5. The molecule has 0 fully saturated rings. The van der Waals surface area contributed by atoms with E-state index in [4.69, 9.17) is 4.74 Å². The number of ether oxygens (including phenoxy) is 2. The van der Waals surface area contributed by atoms with Gasteiger partial charge in [0.15, 0.2) is 6.61 Å². The van der Waals surface area contributed by atoms with E-state index in [0.29, 0.717) is 5.69 Å². The van der Waals surface area contributed by atoms with E-state index < -0.39 is 24.5 Å². The molecule has 0 radical (unpaired) electrons. The van der Waals surface area contributed by atoms with E-state index >= 15 is 0 Å². The number of carbonyl (C=O) groups is 3. The highest BCUT2D eigenvalue weighted by Gasteiger charge is 2.15. The second-order valence-corrected chi connectivity index (χ2v) is 6.73. The van der Waals surface area contributed by atoms with Crippen molar-refractivity contribution >= 4 is 23.5 Å². The number of nitrogens with one attached hydrogen (secondary N) is 1. The molecule has 0 spiro atoms. The van der Waals surface area contributed by atoms with Crippen LogP contribution in [0.3, 0.4) is 0 Å². The third-order valence-corrected chi connectivity index (χ3v) is 4.73. The van der Waals surface area contributed by atoms with Crippen molar-refractivity contribution in [3.05, 3.63) is 64.7 Å². The van der Waals surface area contributed by atoms with Crippen LogP contribution >= 0.6 is 0 Å². The first-order valence-electron chi connectivity index (χ1n) is 9.30. The Morgan fingerprint density at radius 3 is 2.54 bits per heavy atom. The lowest BCUT2D eigenvalue weighted by Crippen LogP contribution is -2.23. The van der Waals surface area contributed by atoms with E-state index in [1.165, 1.54) is 31.1 Å². The maximum absolute atomic E-state index is 12.1. The first-order chi connectivity index (χ1) is 13.6. The van der Waals surface area contributed by atoms with Gasteiger partial charge in [-0.15, -0.1) is 0 Å². The number of aryl methyl sites for hydroxylation is 2. The van der Waals surface area contributed by atoms with Gasteiger partial charge in [-0.1, -0.05) is 30.3 Å². The van der Waals surface area contributed by atoms with E-state index in [1.807, 2.05) is 6.07 Å². The fraction of sp³-hybridized carbons (Fsp3) is 0.318. The highest BCUT2D eigenvalue weighted by Crippen LogP contribution is 2.22. The van der Waals surface area contributed by atoms with Crippen LogP contribution in [0.1, 0.15) is 39.9 Å². The number of rotatable bonds is 6. The summed E-state index contributed by atoms with van der Waals surface area (Å²) >= 11 is 0. The second kappa shape index (κ2) is 9.17. The van der Waals surface area contributed by atoms with E-state index in [1.54, 1.807) is 24.3 Å². The summed E-state index contributed by atoms with van der Waals surface area (Å²) < 4.78 is 9.77. The van der Waals surface area contributed by atoms with Crippen molar-refractivity contribution in [2.24, 2.45) is 0 Å². The van der Waals surface area contributed by atoms with Crippen molar-refractivity contribution in [2.75, 3.05) is 19.0 Å². The quantitative estimate of drug-likeness (QED) is 0.778. The maximum atomic E-state index is 12.1. The Labute approximate surface area is 163 Å². The average Bonchev–Trinajstić information content (AvgIpc) is 2.72. The second-order valence-electron chi connectivity index (χ2n) is 6.73.